The standard InChI is InChI=1S/C11H15NO2/c1-7-5-8(11(12)3-4-11)6-9(13)10(7)14-2/h5-6,13H,3-4,12H2,1-2H3. The lowest BCUT2D eigenvalue weighted by atomic mass is 10.0. The molecule has 0 amide bonds. The molecule has 0 bridgehead atoms. The topological polar surface area (TPSA) is 55.5 Å². The number of methoxy groups -OCH3 is 1. The van der Waals surface area contributed by atoms with Crippen molar-refractivity contribution < 1.29 is 9.84 Å². The van der Waals surface area contributed by atoms with Crippen molar-refractivity contribution in [2.24, 2.45) is 5.73 Å². The van der Waals surface area contributed by atoms with E-state index in [1.165, 1.54) is 0 Å². The van der Waals surface area contributed by atoms with Crippen LogP contribution in [-0.4, -0.2) is 12.2 Å². The minimum atomic E-state index is -0.200. The molecule has 1 fully saturated rings. The van der Waals surface area contributed by atoms with Crippen LogP contribution in [0.5, 0.6) is 11.5 Å². The van der Waals surface area contributed by atoms with Crippen molar-refractivity contribution in [3.63, 3.8) is 0 Å². The van der Waals surface area contributed by atoms with Crippen molar-refractivity contribution in [1.29, 1.82) is 0 Å². The second-order valence-electron chi connectivity index (χ2n) is 4.00. The van der Waals surface area contributed by atoms with E-state index in [0.717, 1.165) is 24.0 Å². The van der Waals surface area contributed by atoms with E-state index in [1.807, 2.05) is 13.0 Å². The number of rotatable bonds is 2. The Morgan fingerprint density at radius 1 is 1.43 bits per heavy atom. The highest BCUT2D eigenvalue weighted by Crippen LogP contribution is 2.45. The number of hydrogen-bond donors (Lipinski definition) is 2. The molecule has 0 aromatic heterocycles. The maximum atomic E-state index is 9.68. The van der Waals surface area contributed by atoms with Crippen molar-refractivity contribution in [2.75, 3.05) is 7.11 Å². The van der Waals surface area contributed by atoms with Crippen molar-refractivity contribution in [2.45, 2.75) is 25.3 Å². The summed E-state index contributed by atoms with van der Waals surface area (Å²) in [4.78, 5) is 0. The van der Waals surface area contributed by atoms with E-state index in [2.05, 4.69) is 0 Å². The van der Waals surface area contributed by atoms with Gasteiger partial charge in [0.05, 0.1) is 7.11 Å². The van der Waals surface area contributed by atoms with E-state index in [0.29, 0.717) is 5.75 Å². The zero-order chi connectivity index (χ0) is 10.3. The monoisotopic (exact) mass is 193 g/mol. The number of aromatic hydroxyl groups is 1. The first-order chi connectivity index (χ1) is 6.57. The molecule has 76 valence electrons. The van der Waals surface area contributed by atoms with Crippen molar-refractivity contribution >= 4 is 0 Å². The maximum Gasteiger partial charge on any atom is 0.163 e. The molecule has 2 rings (SSSR count). The highest BCUT2D eigenvalue weighted by molar-refractivity contribution is 5.50. The minimum absolute atomic E-state index is 0.180. The van der Waals surface area contributed by atoms with Crippen molar-refractivity contribution in [3.8, 4) is 11.5 Å². The van der Waals surface area contributed by atoms with Crippen LogP contribution in [0.3, 0.4) is 0 Å². The van der Waals surface area contributed by atoms with Gasteiger partial charge < -0.3 is 15.6 Å². The van der Waals surface area contributed by atoms with Crippen molar-refractivity contribution in [1.82, 2.24) is 0 Å². The Morgan fingerprint density at radius 3 is 2.50 bits per heavy atom. The van der Waals surface area contributed by atoms with Gasteiger partial charge in [0.2, 0.25) is 0 Å². The number of hydrogen-bond acceptors (Lipinski definition) is 3. The maximum absolute atomic E-state index is 9.68. The molecule has 0 atom stereocenters. The van der Waals surface area contributed by atoms with Crippen LogP contribution in [0.15, 0.2) is 12.1 Å². The number of benzene rings is 1. The molecule has 1 aliphatic carbocycles. The van der Waals surface area contributed by atoms with Gasteiger partial charge in [-0.05, 0) is 37.0 Å². The van der Waals surface area contributed by atoms with Crippen LogP contribution in [-0.2, 0) is 5.54 Å². The lowest BCUT2D eigenvalue weighted by Crippen LogP contribution is -2.18. The highest BCUT2D eigenvalue weighted by Gasteiger charge is 2.40. The predicted octanol–water partition coefficient (Wildman–Crippen LogP) is 1.66. The van der Waals surface area contributed by atoms with Gasteiger partial charge in [0.25, 0.3) is 0 Å². The summed E-state index contributed by atoms with van der Waals surface area (Å²) in [6.45, 7) is 1.91. The molecule has 3 heteroatoms. The molecular formula is C11H15NO2. The van der Waals surface area contributed by atoms with Crippen LogP contribution in [0.2, 0.25) is 0 Å². The Balaban J connectivity index is 2.47. The van der Waals surface area contributed by atoms with Crippen LogP contribution in [0.1, 0.15) is 24.0 Å². The Morgan fingerprint density at radius 2 is 2.07 bits per heavy atom. The third-order valence-electron chi connectivity index (χ3n) is 2.82. The molecule has 0 aliphatic heterocycles. The molecule has 0 saturated heterocycles. The SMILES string of the molecule is COc1c(C)cc(C2(N)CC2)cc1O. The van der Waals surface area contributed by atoms with Crippen LogP contribution in [0.4, 0.5) is 0 Å². The summed E-state index contributed by atoms with van der Waals surface area (Å²) in [7, 11) is 1.55. The van der Waals surface area contributed by atoms with Crippen LogP contribution < -0.4 is 10.5 Å². The Bertz CT molecular complexity index is 347. The first-order valence-corrected chi connectivity index (χ1v) is 4.74. The minimum Gasteiger partial charge on any atom is -0.504 e. The predicted molar refractivity (Wildman–Crippen MR) is 54.5 cm³/mol. The summed E-state index contributed by atoms with van der Waals surface area (Å²) < 4.78 is 5.07. The summed E-state index contributed by atoms with van der Waals surface area (Å²) in [5.41, 5.74) is 7.78. The molecule has 1 aliphatic rings. The largest absolute Gasteiger partial charge is 0.504 e. The van der Waals surface area contributed by atoms with Gasteiger partial charge in [0.15, 0.2) is 11.5 Å². The summed E-state index contributed by atoms with van der Waals surface area (Å²) in [5.74, 6) is 0.720. The molecule has 0 spiro atoms. The molecule has 3 N–H and O–H groups in total. The molecule has 3 nitrogen and oxygen atoms in total. The average Bonchev–Trinajstić information content (AvgIpc) is 2.84. The van der Waals surface area contributed by atoms with Crippen molar-refractivity contribution in [3.05, 3.63) is 23.3 Å². The fraction of sp³-hybridized carbons (Fsp3) is 0.455. The first kappa shape index (κ1) is 9.34. The molecule has 0 unspecified atom stereocenters. The second kappa shape index (κ2) is 2.89. The summed E-state index contributed by atoms with van der Waals surface area (Å²) >= 11 is 0. The van der Waals surface area contributed by atoms with E-state index in [-0.39, 0.29) is 11.3 Å². The zero-order valence-electron chi connectivity index (χ0n) is 8.50. The molecule has 1 aromatic rings. The van der Waals surface area contributed by atoms with E-state index in [1.54, 1.807) is 13.2 Å². The highest BCUT2D eigenvalue weighted by atomic mass is 16.5. The van der Waals surface area contributed by atoms with Gasteiger partial charge in [0.1, 0.15) is 0 Å². The average molecular weight is 193 g/mol. The zero-order valence-corrected chi connectivity index (χ0v) is 8.50. The van der Waals surface area contributed by atoms with E-state index < -0.39 is 0 Å². The van der Waals surface area contributed by atoms with E-state index in [4.69, 9.17) is 10.5 Å². The smallest absolute Gasteiger partial charge is 0.163 e. The number of ether oxygens (including phenoxy) is 1. The molecule has 1 saturated carbocycles. The number of phenolic OH excluding ortho intramolecular Hbond substituents is 1. The Hall–Kier alpha value is -1.22. The van der Waals surface area contributed by atoms with Gasteiger partial charge in [-0.1, -0.05) is 6.07 Å². The van der Waals surface area contributed by atoms with Gasteiger partial charge in [-0.15, -0.1) is 0 Å². The Kier molecular flexibility index (Phi) is 1.93. The van der Waals surface area contributed by atoms with Gasteiger partial charge in [-0.3, -0.25) is 0 Å². The van der Waals surface area contributed by atoms with Gasteiger partial charge in [0, 0.05) is 5.54 Å². The molecule has 14 heavy (non-hydrogen) atoms. The van der Waals surface area contributed by atoms with E-state index >= 15 is 0 Å². The van der Waals surface area contributed by atoms with Crippen LogP contribution in [0, 0.1) is 6.92 Å². The normalized spacial score (nSPS) is 17.9. The fourth-order valence-electron chi connectivity index (χ4n) is 1.73. The Labute approximate surface area is 83.5 Å². The van der Waals surface area contributed by atoms with Gasteiger partial charge >= 0.3 is 0 Å². The second-order valence-corrected chi connectivity index (χ2v) is 4.00. The molecule has 0 heterocycles. The first-order valence-electron chi connectivity index (χ1n) is 4.74. The van der Waals surface area contributed by atoms with Crippen LogP contribution >= 0.6 is 0 Å². The third kappa shape index (κ3) is 1.34. The van der Waals surface area contributed by atoms with E-state index in [9.17, 15) is 5.11 Å². The lowest BCUT2D eigenvalue weighted by Gasteiger charge is -2.13. The quantitative estimate of drug-likeness (QED) is 0.751. The molecule has 0 radical (unpaired) electrons. The van der Waals surface area contributed by atoms with Gasteiger partial charge in [-0.2, -0.15) is 0 Å². The summed E-state index contributed by atoms with van der Waals surface area (Å²) in [5, 5.41) is 9.68. The number of nitrogens with two attached hydrogens (primary N) is 1. The summed E-state index contributed by atoms with van der Waals surface area (Å²) in [6.07, 6.45) is 2.00. The lowest BCUT2D eigenvalue weighted by molar-refractivity contribution is 0.370. The van der Waals surface area contributed by atoms with Gasteiger partial charge in [-0.25, -0.2) is 0 Å². The summed E-state index contributed by atoms with van der Waals surface area (Å²) in [6, 6.07) is 3.70. The number of aryl methyl sites for hydroxylation is 1. The molecule has 1 aromatic carbocycles. The van der Waals surface area contributed by atoms with Crippen LogP contribution in [0.25, 0.3) is 0 Å². The fourth-order valence-corrected chi connectivity index (χ4v) is 1.73. The number of phenols is 1. The molecular weight excluding hydrogens is 178 g/mol. The third-order valence-corrected chi connectivity index (χ3v) is 2.82.